The molecule has 616 valence electrons. The first-order valence-corrected chi connectivity index (χ1v) is 48.9. The van der Waals surface area contributed by atoms with E-state index in [-0.39, 0.29) is 44.0 Å². The highest BCUT2D eigenvalue weighted by Gasteiger charge is 2.35. The molecule has 5 heterocycles. The minimum atomic E-state index is -3.68. The molecule has 0 amide bonds. The third kappa shape index (κ3) is 23.3. The normalized spacial score (nSPS) is 11.6. The van der Waals surface area contributed by atoms with Crippen molar-refractivity contribution in [2.45, 2.75) is 83.4 Å². The van der Waals surface area contributed by atoms with E-state index >= 15 is 0 Å². The van der Waals surface area contributed by atoms with Crippen LogP contribution in [-0.2, 0) is 49.1 Å². The van der Waals surface area contributed by atoms with E-state index in [1.807, 2.05) is 230 Å². The molecule has 5 aromatic heterocycles. The second kappa shape index (κ2) is 44.0. The van der Waals surface area contributed by atoms with Crippen molar-refractivity contribution in [2.24, 2.45) is 15.0 Å². The van der Waals surface area contributed by atoms with Gasteiger partial charge in [-0.2, -0.15) is 17.2 Å². The fourth-order valence-corrected chi connectivity index (χ4v) is 26.4. The average molecular weight is 1840 g/mol. The second-order valence-corrected chi connectivity index (χ2v) is 41.3. The number of aliphatic imine (C=N–C) groups is 3. The van der Waals surface area contributed by atoms with E-state index in [0.29, 0.717) is 84.7 Å². The molecule has 0 aliphatic carbocycles. The number of rotatable bonds is 30. The molecule has 11 rings (SSSR count). The standard InChI is InChI=1S/C23H26N2O3S2.C22H23BrN2O3S2.C22H24N2O3S2.C8H14N2O3S2.C5H5ClO3S2/c1-5-25(6-2)30(26,27)23-22(28-4)20(17(3)29-23)24-21(18-13-9-7-10-14-18)19-15-11-8-12-16-19;1-4-25(5-2)30(26,27)22-20(28-3)19(21(23)29-22)24-18(16-12-8-6-9-13-16)17-14-10-7-11-15-17;1-4-24(5-2)29(25,26)22-21(27-3)19(16-28-22)23-20(17-12-8-6-9-13-17)18-14-10-7-11-15-18;1-3-10(4-2)15(12,13)8-7(11)6(9)5-14-8;1-9-4-2-3-10-5(4)11(6,7)8/h7-16H,5-6H2,1-4H3;6-15H,4-5H2,1-3H3;6-16H,4-5H2,1-3H3;5,11H,3-4,9H2,1-2H3;2-3H,1H3. The number of benzene rings is 6. The third-order valence-electron chi connectivity index (χ3n) is 16.9. The number of anilines is 1. The predicted octanol–water partition coefficient (Wildman–Crippen LogP) is 18.7. The minimum Gasteiger partial charge on any atom is -0.504 e. The Hall–Kier alpha value is -8.01. The SMILES string of the molecule is CCN(CC)S(=O)(=O)c1sc(Br)c(N=C(c2ccccc2)c2ccccc2)c1OC.CCN(CC)S(=O)(=O)c1sc(C)c(N=C(c2ccccc2)c2ccccc2)c1OC.CCN(CC)S(=O)(=O)c1scc(N)c1O.CCN(CC)S(=O)(=O)c1scc(N=C(c2ccccc2)c2ccccc2)c1OC.COc1ccsc1S(=O)(=O)Cl. The highest BCUT2D eigenvalue weighted by molar-refractivity contribution is 9.11. The lowest BCUT2D eigenvalue weighted by atomic mass is 10.0. The first kappa shape index (κ1) is 94.1. The van der Waals surface area contributed by atoms with Gasteiger partial charge in [-0.05, 0) is 34.3 Å². The molecule has 0 aliphatic heterocycles. The van der Waals surface area contributed by atoms with Gasteiger partial charge in [0, 0.05) is 112 Å². The summed E-state index contributed by atoms with van der Waals surface area (Å²) in [6.07, 6.45) is 0. The minimum absolute atomic E-state index is 0.0571. The Balaban J connectivity index is 0.000000207. The number of aromatic hydroxyl groups is 1. The lowest BCUT2D eigenvalue weighted by molar-refractivity contribution is 0.400. The lowest BCUT2D eigenvalue weighted by Crippen LogP contribution is -2.30. The maximum atomic E-state index is 13.2. The smallest absolute Gasteiger partial charge is 0.274 e. The molecule has 23 nitrogen and oxygen atoms in total. The number of nitrogens with zero attached hydrogens (tertiary/aromatic N) is 7. The van der Waals surface area contributed by atoms with Crippen LogP contribution >= 0.6 is 83.3 Å². The van der Waals surface area contributed by atoms with E-state index in [9.17, 15) is 47.2 Å². The number of nitrogen functional groups attached to an aromatic ring is 1. The number of aryl methyl sites for hydroxylation is 1. The molecule has 0 saturated carbocycles. The number of thiophene rings is 5. The summed E-state index contributed by atoms with van der Waals surface area (Å²) in [5.41, 5.74) is 14.9. The molecule has 0 saturated heterocycles. The molecule has 0 unspecified atom stereocenters. The number of halogens is 2. The van der Waals surface area contributed by atoms with Crippen LogP contribution in [0, 0.1) is 6.92 Å². The van der Waals surface area contributed by atoms with Gasteiger partial charge in [0.15, 0.2) is 44.0 Å². The van der Waals surface area contributed by atoms with Gasteiger partial charge in [0.25, 0.3) is 49.1 Å². The van der Waals surface area contributed by atoms with E-state index in [0.717, 1.165) is 101 Å². The second-order valence-electron chi connectivity index (χ2n) is 23.8. The van der Waals surface area contributed by atoms with Crippen LogP contribution in [0.4, 0.5) is 22.7 Å². The molecule has 3 N–H and O–H groups in total. The summed E-state index contributed by atoms with van der Waals surface area (Å²) in [5.74, 6) is 0.792. The van der Waals surface area contributed by atoms with Gasteiger partial charge in [-0.25, -0.2) is 57.1 Å². The zero-order chi connectivity index (χ0) is 84.4. The molecule has 0 aliphatic rings. The van der Waals surface area contributed by atoms with Gasteiger partial charge >= 0.3 is 0 Å². The molecule has 0 fully saturated rings. The maximum absolute atomic E-state index is 13.2. The summed E-state index contributed by atoms with van der Waals surface area (Å²) in [6, 6.07) is 60.5. The summed E-state index contributed by atoms with van der Waals surface area (Å²) in [7, 11) is -7.27. The highest BCUT2D eigenvalue weighted by atomic mass is 79.9. The molecule has 0 spiro atoms. The summed E-state index contributed by atoms with van der Waals surface area (Å²) in [6.45, 7) is 19.4. The first-order valence-electron chi connectivity index (χ1n) is 35.8. The number of sulfonamides is 4. The third-order valence-corrected chi connectivity index (χ3v) is 35.0. The molecule has 0 bridgehead atoms. The zero-order valence-corrected chi connectivity index (χ0v) is 76.0. The van der Waals surface area contributed by atoms with Crippen molar-refractivity contribution in [3.63, 3.8) is 0 Å². The van der Waals surface area contributed by atoms with Gasteiger partial charge in [-0.1, -0.05) is 237 Å². The van der Waals surface area contributed by atoms with Gasteiger partial charge in [-0.3, -0.25) is 0 Å². The Kier molecular flexibility index (Phi) is 36.0. The fraction of sp³-hybridized carbons (Fsp3) is 0.263. The Labute approximate surface area is 709 Å². The van der Waals surface area contributed by atoms with Crippen molar-refractivity contribution in [1.29, 1.82) is 0 Å². The zero-order valence-electron chi connectivity index (χ0n) is 65.5. The van der Waals surface area contributed by atoms with Crippen molar-refractivity contribution in [1.82, 2.24) is 17.2 Å². The largest absolute Gasteiger partial charge is 0.504 e. The van der Waals surface area contributed by atoms with E-state index < -0.39 is 49.1 Å². The van der Waals surface area contributed by atoms with Gasteiger partial charge < -0.3 is 29.8 Å². The van der Waals surface area contributed by atoms with Crippen LogP contribution < -0.4 is 24.7 Å². The van der Waals surface area contributed by atoms with Crippen LogP contribution in [0.3, 0.4) is 0 Å². The van der Waals surface area contributed by atoms with E-state index in [2.05, 4.69) is 15.9 Å². The lowest BCUT2D eigenvalue weighted by Gasteiger charge is -2.18. The van der Waals surface area contributed by atoms with Crippen molar-refractivity contribution >= 4 is 172 Å². The fourth-order valence-electron chi connectivity index (χ4n) is 11.2. The van der Waals surface area contributed by atoms with Crippen LogP contribution in [0.25, 0.3) is 0 Å². The monoisotopic (exact) mass is 1840 g/mol. The Morgan fingerprint density at radius 2 is 0.704 bits per heavy atom. The molecule has 115 heavy (non-hydrogen) atoms. The summed E-state index contributed by atoms with van der Waals surface area (Å²) >= 11 is 8.95. The van der Waals surface area contributed by atoms with E-state index in [1.54, 1.807) is 30.7 Å². The van der Waals surface area contributed by atoms with Crippen molar-refractivity contribution in [3.05, 3.63) is 246 Å². The molecule has 6 aromatic carbocycles. The van der Waals surface area contributed by atoms with E-state index in [4.69, 9.17) is 50.3 Å². The van der Waals surface area contributed by atoms with Crippen molar-refractivity contribution in [2.75, 3.05) is 86.5 Å². The highest BCUT2D eigenvalue weighted by Crippen LogP contribution is 2.50. The van der Waals surface area contributed by atoms with Crippen molar-refractivity contribution < 1.29 is 66.1 Å². The van der Waals surface area contributed by atoms with Gasteiger partial charge in [-0.15, -0.1) is 56.7 Å². The number of hydrogen-bond acceptors (Lipinski definition) is 24. The molecule has 0 radical (unpaired) electrons. The molecule has 0 atom stereocenters. The van der Waals surface area contributed by atoms with Crippen molar-refractivity contribution in [3.8, 4) is 28.7 Å². The summed E-state index contributed by atoms with van der Waals surface area (Å²) in [4.78, 5) is 15.4. The predicted molar refractivity (Wildman–Crippen MR) is 474 cm³/mol. The van der Waals surface area contributed by atoms with Crippen LogP contribution in [0.1, 0.15) is 93.6 Å². The average Bonchev–Trinajstić information content (AvgIpc) is 1.63. The van der Waals surface area contributed by atoms with Crippen LogP contribution in [0.2, 0.25) is 0 Å². The topological polar surface area (TPSA) is 304 Å². The van der Waals surface area contributed by atoms with Crippen LogP contribution in [-0.4, -0.2) is 162 Å². The quantitative estimate of drug-likeness (QED) is 0.0312. The Bertz CT molecular complexity index is 5340. The Morgan fingerprint density at radius 3 is 1.01 bits per heavy atom. The van der Waals surface area contributed by atoms with Gasteiger partial charge in [0.2, 0.25) is 0 Å². The molecular weight excluding hydrogens is 1750 g/mol. The van der Waals surface area contributed by atoms with E-state index in [1.165, 1.54) is 62.4 Å². The summed E-state index contributed by atoms with van der Waals surface area (Å²) < 4.78 is 152. The summed E-state index contributed by atoms with van der Waals surface area (Å²) in [5, 5.41) is 14.3. The Morgan fingerprint density at radius 1 is 0.400 bits per heavy atom. The molecular formula is C80H92BrClN8O15S10. The van der Waals surface area contributed by atoms with Crippen LogP contribution in [0.5, 0.6) is 28.7 Å². The van der Waals surface area contributed by atoms with Crippen LogP contribution in [0.15, 0.2) is 244 Å². The number of hydrogen-bond donors (Lipinski definition) is 2. The first-order chi connectivity index (χ1) is 54.9. The number of ether oxygens (including phenoxy) is 4. The number of nitrogens with two attached hydrogens (primary N) is 1. The number of methoxy groups -OCH3 is 4. The molecule has 11 aromatic rings. The van der Waals surface area contributed by atoms with Gasteiger partial charge in [0.05, 0.1) is 51.3 Å². The maximum Gasteiger partial charge on any atom is 0.274 e. The van der Waals surface area contributed by atoms with Gasteiger partial charge in [0.1, 0.15) is 26.6 Å². The molecule has 35 heteroatoms.